The number of hydrogen-bond acceptors (Lipinski definition) is 1. The van der Waals surface area contributed by atoms with Gasteiger partial charge in [0, 0.05) is 11.3 Å². The fourth-order valence-corrected chi connectivity index (χ4v) is 2.84. The molecule has 1 atom stereocenters. The van der Waals surface area contributed by atoms with Crippen LogP contribution in [0.1, 0.15) is 32.6 Å². The normalized spacial score (nSPS) is 26.1. The summed E-state index contributed by atoms with van der Waals surface area (Å²) in [6, 6.07) is 0. The van der Waals surface area contributed by atoms with E-state index in [9.17, 15) is 0 Å². The molecule has 0 N–H and O–H groups in total. The molecule has 1 unspecified atom stereocenters. The maximum absolute atomic E-state index is 4.14. The van der Waals surface area contributed by atoms with E-state index >= 15 is 0 Å². The molecule has 0 aromatic heterocycles. The van der Waals surface area contributed by atoms with Gasteiger partial charge < -0.3 is 0 Å². The second kappa shape index (κ2) is 5.64. The topological polar surface area (TPSA) is 12.4 Å². The SMILES string of the molecule is CCCCCC[SH]1C=N[CH]C1. The highest BCUT2D eigenvalue weighted by Crippen LogP contribution is 2.28. The summed E-state index contributed by atoms with van der Waals surface area (Å²) in [5, 5.41) is 0. The van der Waals surface area contributed by atoms with Crippen LogP contribution in [0.15, 0.2) is 4.99 Å². The average molecular weight is 172 g/mol. The first kappa shape index (κ1) is 9.11. The molecule has 1 nitrogen and oxygen atoms in total. The zero-order valence-corrected chi connectivity index (χ0v) is 8.19. The van der Waals surface area contributed by atoms with Gasteiger partial charge in [-0.05, 0) is 12.2 Å². The van der Waals surface area contributed by atoms with Gasteiger partial charge >= 0.3 is 0 Å². The van der Waals surface area contributed by atoms with Gasteiger partial charge in [0.15, 0.2) is 0 Å². The maximum atomic E-state index is 4.14. The van der Waals surface area contributed by atoms with Gasteiger partial charge in [0.1, 0.15) is 0 Å². The Balaban J connectivity index is 1.90. The first-order chi connectivity index (χ1) is 5.43. The second-order valence-corrected chi connectivity index (χ2v) is 5.22. The van der Waals surface area contributed by atoms with E-state index in [2.05, 4.69) is 24.0 Å². The van der Waals surface area contributed by atoms with Gasteiger partial charge in [0.25, 0.3) is 0 Å². The third kappa shape index (κ3) is 3.80. The van der Waals surface area contributed by atoms with E-state index in [0.717, 1.165) is 0 Å². The summed E-state index contributed by atoms with van der Waals surface area (Å²) in [7, 11) is 0.191. The number of nitrogens with zero attached hydrogens (tertiary/aromatic N) is 1. The van der Waals surface area contributed by atoms with E-state index < -0.39 is 0 Å². The molecule has 0 aliphatic carbocycles. The maximum Gasteiger partial charge on any atom is 0.0812 e. The molecule has 0 amide bonds. The Kier molecular flexibility index (Phi) is 4.67. The number of rotatable bonds is 5. The Morgan fingerprint density at radius 2 is 2.27 bits per heavy atom. The molecule has 1 radical (unpaired) electrons. The Hall–Kier alpha value is 0.0200. The molecule has 0 spiro atoms. The third-order valence-corrected chi connectivity index (χ3v) is 3.93. The second-order valence-electron chi connectivity index (χ2n) is 3.00. The Labute approximate surface area is 72.6 Å². The summed E-state index contributed by atoms with van der Waals surface area (Å²) >= 11 is 0. The summed E-state index contributed by atoms with van der Waals surface area (Å²) in [6.45, 7) is 4.32. The molecule has 1 aliphatic heterocycles. The lowest BCUT2D eigenvalue weighted by Gasteiger charge is -2.08. The van der Waals surface area contributed by atoms with Crippen LogP contribution in [0.3, 0.4) is 0 Å². The average Bonchev–Trinajstić information content (AvgIpc) is 2.50. The van der Waals surface area contributed by atoms with Crippen molar-refractivity contribution in [3.8, 4) is 0 Å². The summed E-state index contributed by atoms with van der Waals surface area (Å²) in [5.41, 5.74) is 2.17. The van der Waals surface area contributed by atoms with Crippen molar-refractivity contribution in [2.45, 2.75) is 32.6 Å². The van der Waals surface area contributed by atoms with Crippen molar-refractivity contribution in [2.24, 2.45) is 4.99 Å². The predicted octanol–water partition coefficient (Wildman–Crippen LogP) is 2.77. The molecular weight excluding hydrogens is 154 g/mol. The van der Waals surface area contributed by atoms with Crippen molar-refractivity contribution in [3.05, 3.63) is 6.54 Å². The summed E-state index contributed by atoms with van der Waals surface area (Å²) in [4.78, 5) is 4.14. The first-order valence-electron chi connectivity index (χ1n) is 4.52. The lowest BCUT2D eigenvalue weighted by molar-refractivity contribution is 0.706. The van der Waals surface area contributed by atoms with Crippen molar-refractivity contribution in [2.75, 3.05) is 11.5 Å². The predicted molar refractivity (Wildman–Crippen MR) is 55.7 cm³/mol. The van der Waals surface area contributed by atoms with Crippen LogP contribution in [0.4, 0.5) is 0 Å². The molecule has 2 heteroatoms. The molecule has 0 aromatic carbocycles. The number of aliphatic imine (C=N–C) groups is 1. The van der Waals surface area contributed by atoms with Crippen molar-refractivity contribution in [1.29, 1.82) is 0 Å². The molecule has 0 saturated heterocycles. The van der Waals surface area contributed by atoms with E-state index in [1.54, 1.807) is 0 Å². The molecule has 0 saturated carbocycles. The molecule has 1 aliphatic rings. The number of hydrogen-bond donors (Lipinski definition) is 1. The van der Waals surface area contributed by atoms with Gasteiger partial charge in [0.2, 0.25) is 0 Å². The summed E-state index contributed by atoms with van der Waals surface area (Å²) in [6.07, 6.45) is 5.59. The minimum atomic E-state index is 0.191. The zero-order valence-electron chi connectivity index (χ0n) is 7.29. The minimum Gasteiger partial charge on any atom is -0.282 e. The van der Waals surface area contributed by atoms with Crippen LogP contribution in [-0.4, -0.2) is 17.1 Å². The van der Waals surface area contributed by atoms with Crippen LogP contribution < -0.4 is 0 Å². The smallest absolute Gasteiger partial charge is 0.0812 e. The van der Waals surface area contributed by atoms with Gasteiger partial charge in [-0.1, -0.05) is 26.2 Å². The largest absolute Gasteiger partial charge is 0.282 e. The lowest BCUT2D eigenvalue weighted by Crippen LogP contribution is -1.90. The fraction of sp³-hybridized carbons (Fsp3) is 0.778. The standard InChI is InChI=1S/C9H18NS/c1-2-3-4-5-7-11-8-6-10-9-11/h6,9,11H,2-5,7-8H2,1H3. The molecule has 65 valence electrons. The van der Waals surface area contributed by atoms with Gasteiger partial charge in [-0.15, -0.1) is 0 Å². The first-order valence-corrected chi connectivity index (χ1v) is 6.30. The number of thiol groups is 1. The van der Waals surface area contributed by atoms with Crippen molar-refractivity contribution in [3.63, 3.8) is 0 Å². The third-order valence-electron chi connectivity index (χ3n) is 1.95. The van der Waals surface area contributed by atoms with E-state index in [1.807, 2.05) is 0 Å². The van der Waals surface area contributed by atoms with E-state index in [-0.39, 0.29) is 10.9 Å². The van der Waals surface area contributed by atoms with Gasteiger partial charge in [-0.3, -0.25) is 4.99 Å². The molecule has 11 heavy (non-hydrogen) atoms. The van der Waals surface area contributed by atoms with E-state index in [1.165, 1.54) is 37.2 Å². The minimum absolute atomic E-state index is 0.191. The Morgan fingerprint density at radius 3 is 2.91 bits per heavy atom. The Bertz CT molecular complexity index is 123. The van der Waals surface area contributed by atoms with Gasteiger partial charge in [-0.2, -0.15) is 0 Å². The molecule has 0 aromatic rings. The highest BCUT2D eigenvalue weighted by molar-refractivity contribution is 8.28. The van der Waals surface area contributed by atoms with Crippen LogP contribution in [-0.2, 0) is 0 Å². The molecule has 1 heterocycles. The molecule has 1 rings (SSSR count). The molecule has 0 bridgehead atoms. The van der Waals surface area contributed by atoms with Gasteiger partial charge in [0.05, 0.1) is 6.54 Å². The number of unbranched alkanes of at least 4 members (excludes halogenated alkanes) is 3. The summed E-state index contributed by atoms with van der Waals surface area (Å²) in [5.74, 6) is 2.66. The summed E-state index contributed by atoms with van der Waals surface area (Å²) < 4.78 is 0. The quantitative estimate of drug-likeness (QED) is 0.483. The van der Waals surface area contributed by atoms with E-state index in [4.69, 9.17) is 0 Å². The van der Waals surface area contributed by atoms with Crippen molar-refractivity contribution >= 4 is 16.4 Å². The monoisotopic (exact) mass is 172 g/mol. The highest BCUT2D eigenvalue weighted by Gasteiger charge is 2.04. The van der Waals surface area contributed by atoms with Crippen molar-refractivity contribution < 1.29 is 0 Å². The zero-order chi connectivity index (χ0) is 7.94. The highest BCUT2D eigenvalue weighted by atomic mass is 32.2. The van der Waals surface area contributed by atoms with Gasteiger partial charge in [-0.25, -0.2) is 10.9 Å². The van der Waals surface area contributed by atoms with Crippen LogP contribution in [0, 0.1) is 6.54 Å². The molecular formula is C9H18NS. The Morgan fingerprint density at radius 1 is 1.36 bits per heavy atom. The fourth-order valence-electron chi connectivity index (χ4n) is 1.23. The van der Waals surface area contributed by atoms with Crippen LogP contribution in [0.25, 0.3) is 0 Å². The van der Waals surface area contributed by atoms with Crippen LogP contribution >= 0.6 is 10.9 Å². The molecule has 0 fully saturated rings. The van der Waals surface area contributed by atoms with Crippen molar-refractivity contribution in [1.82, 2.24) is 0 Å². The van der Waals surface area contributed by atoms with Crippen LogP contribution in [0.2, 0.25) is 0 Å². The van der Waals surface area contributed by atoms with E-state index in [0.29, 0.717) is 0 Å². The van der Waals surface area contributed by atoms with Crippen LogP contribution in [0.5, 0.6) is 0 Å². The lowest BCUT2D eigenvalue weighted by atomic mass is 10.2.